The van der Waals surface area contributed by atoms with Crippen LogP contribution in [0.15, 0.2) is 57.0 Å². The van der Waals surface area contributed by atoms with E-state index in [1.165, 1.54) is 19.1 Å². The Morgan fingerprint density at radius 2 is 1.86 bits per heavy atom. The van der Waals surface area contributed by atoms with E-state index in [9.17, 15) is 8.42 Å². The minimum absolute atomic E-state index is 0. The van der Waals surface area contributed by atoms with Gasteiger partial charge in [-0.2, -0.15) is 0 Å². The minimum atomic E-state index is -3.17. The van der Waals surface area contributed by atoms with Crippen molar-refractivity contribution in [2.45, 2.75) is 30.3 Å². The summed E-state index contributed by atoms with van der Waals surface area (Å²) in [5.41, 5.74) is 0.984. The molecule has 1 aliphatic rings. The maximum atomic E-state index is 11.6. The first-order valence-corrected chi connectivity index (χ1v) is 11.4. The van der Waals surface area contributed by atoms with Gasteiger partial charge in [-0.05, 0) is 55.8 Å². The van der Waals surface area contributed by atoms with Gasteiger partial charge < -0.3 is 15.1 Å². The summed E-state index contributed by atoms with van der Waals surface area (Å²) in [5, 5.41) is 6.66. The van der Waals surface area contributed by atoms with Crippen LogP contribution in [0.2, 0.25) is 0 Å². The van der Waals surface area contributed by atoms with E-state index in [0.717, 1.165) is 24.4 Å². The fourth-order valence-electron chi connectivity index (χ4n) is 3.40. The molecule has 2 heterocycles. The second-order valence-corrected chi connectivity index (χ2v) is 9.01. The van der Waals surface area contributed by atoms with Crippen molar-refractivity contribution in [1.82, 2.24) is 15.5 Å². The van der Waals surface area contributed by atoms with Gasteiger partial charge in [-0.15, -0.1) is 24.0 Å². The van der Waals surface area contributed by atoms with Gasteiger partial charge in [-0.25, -0.2) is 8.42 Å². The van der Waals surface area contributed by atoms with Crippen molar-refractivity contribution >= 4 is 39.8 Å². The Morgan fingerprint density at radius 3 is 2.41 bits per heavy atom. The number of halogens is 1. The number of hydrogen-bond acceptors (Lipinski definition) is 5. The lowest BCUT2D eigenvalue weighted by molar-refractivity contribution is 0.215. The first-order chi connectivity index (χ1) is 13.5. The van der Waals surface area contributed by atoms with Crippen LogP contribution in [-0.2, 0) is 16.4 Å². The van der Waals surface area contributed by atoms with Crippen molar-refractivity contribution < 1.29 is 12.8 Å². The third kappa shape index (κ3) is 6.71. The number of guanidine groups is 1. The van der Waals surface area contributed by atoms with E-state index in [1.54, 1.807) is 25.4 Å². The van der Waals surface area contributed by atoms with E-state index in [2.05, 4.69) is 20.5 Å². The largest absolute Gasteiger partial charge is 0.468 e. The topological polar surface area (TPSA) is 86.9 Å². The number of furan rings is 1. The number of benzene rings is 1. The molecular weight excluding hydrogens is 503 g/mol. The summed E-state index contributed by atoms with van der Waals surface area (Å²) < 4.78 is 28.8. The molecule has 1 unspecified atom stereocenters. The predicted octanol–water partition coefficient (Wildman–Crippen LogP) is 2.80. The van der Waals surface area contributed by atoms with E-state index >= 15 is 0 Å². The quantitative estimate of drug-likeness (QED) is 0.324. The Labute approximate surface area is 189 Å². The van der Waals surface area contributed by atoms with Crippen LogP contribution in [0.5, 0.6) is 0 Å². The highest BCUT2D eigenvalue weighted by Crippen LogP contribution is 2.24. The van der Waals surface area contributed by atoms with Crippen LogP contribution in [0.4, 0.5) is 0 Å². The smallest absolute Gasteiger partial charge is 0.191 e. The third-order valence-corrected chi connectivity index (χ3v) is 6.08. The number of sulfone groups is 1. The zero-order valence-corrected chi connectivity index (χ0v) is 19.9. The molecule has 0 saturated carbocycles. The van der Waals surface area contributed by atoms with E-state index in [0.29, 0.717) is 23.9 Å². The second kappa shape index (κ2) is 11.0. The van der Waals surface area contributed by atoms with Crippen LogP contribution in [0.25, 0.3) is 0 Å². The van der Waals surface area contributed by atoms with Gasteiger partial charge in [0.25, 0.3) is 0 Å². The summed E-state index contributed by atoms with van der Waals surface area (Å²) in [4.78, 5) is 7.05. The van der Waals surface area contributed by atoms with Crippen LogP contribution in [0.3, 0.4) is 0 Å². The Kier molecular flexibility index (Phi) is 8.97. The van der Waals surface area contributed by atoms with Gasteiger partial charge in [0.1, 0.15) is 5.76 Å². The van der Waals surface area contributed by atoms with Gasteiger partial charge in [0.05, 0.1) is 17.2 Å². The monoisotopic (exact) mass is 532 g/mol. The average molecular weight is 532 g/mol. The van der Waals surface area contributed by atoms with Crippen LogP contribution in [0, 0.1) is 0 Å². The van der Waals surface area contributed by atoms with Crippen LogP contribution in [-0.4, -0.2) is 52.2 Å². The van der Waals surface area contributed by atoms with Crippen molar-refractivity contribution in [3.63, 3.8) is 0 Å². The first-order valence-electron chi connectivity index (χ1n) is 9.48. The fourth-order valence-corrected chi connectivity index (χ4v) is 4.03. The lowest BCUT2D eigenvalue weighted by Crippen LogP contribution is -2.42. The number of nitrogens with one attached hydrogen (secondary N) is 2. The van der Waals surface area contributed by atoms with Gasteiger partial charge >= 0.3 is 0 Å². The molecule has 1 atom stereocenters. The fraction of sp³-hybridized carbons (Fsp3) is 0.450. The summed E-state index contributed by atoms with van der Waals surface area (Å²) in [7, 11) is -1.44. The van der Waals surface area contributed by atoms with Gasteiger partial charge in [0.2, 0.25) is 0 Å². The van der Waals surface area contributed by atoms with E-state index < -0.39 is 9.84 Å². The SMILES string of the molecule is CN=C(NCc1ccc(S(C)(=O)=O)cc1)NCC(c1ccco1)N1CCCC1.I. The number of nitrogens with zero attached hydrogens (tertiary/aromatic N) is 2. The van der Waals surface area contributed by atoms with E-state index in [1.807, 2.05) is 24.3 Å². The predicted molar refractivity (Wildman–Crippen MR) is 125 cm³/mol. The maximum absolute atomic E-state index is 11.6. The molecule has 0 aliphatic carbocycles. The van der Waals surface area contributed by atoms with Crippen molar-refractivity contribution in [2.24, 2.45) is 4.99 Å². The molecule has 0 spiro atoms. The summed E-state index contributed by atoms with van der Waals surface area (Å²) in [6.07, 6.45) is 5.36. The van der Waals surface area contributed by atoms with Crippen LogP contribution < -0.4 is 10.6 Å². The Hall–Kier alpha value is -1.59. The molecule has 29 heavy (non-hydrogen) atoms. The molecule has 9 heteroatoms. The molecule has 0 bridgehead atoms. The molecule has 1 aliphatic heterocycles. The van der Waals surface area contributed by atoms with E-state index in [-0.39, 0.29) is 30.0 Å². The van der Waals surface area contributed by atoms with Crippen LogP contribution in [0.1, 0.15) is 30.2 Å². The number of hydrogen-bond donors (Lipinski definition) is 2. The Balaban J connectivity index is 0.00000300. The second-order valence-electron chi connectivity index (χ2n) is 7.00. The summed E-state index contributed by atoms with van der Waals surface area (Å²) in [6.45, 7) is 3.40. The molecule has 1 saturated heterocycles. The van der Waals surface area contributed by atoms with Crippen LogP contribution >= 0.6 is 24.0 Å². The van der Waals surface area contributed by atoms with Gasteiger partial charge in [-0.1, -0.05) is 12.1 Å². The standard InChI is InChI=1S/C20H28N4O3S.HI/c1-21-20(22-14-16-7-9-17(10-8-16)28(2,25)26)23-15-18(19-6-5-13-27-19)24-11-3-4-12-24;/h5-10,13,18H,3-4,11-12,14-15H2,1-2H3,(H2,21,22,23);1H. The number of rotatable bonds is 7. The third-order valence-electron chi connectivity index (χ3n) is 4.95. The molecule has 0 radical (unpaired) electrons. The molecule has 1 aromatic carbocycles. The van der Waals surface area contributed by atoms with Gasteiger partial charge in [-0.3, -0.25) is 9.89 Å². The highest BCUT2D eigenvalue weighted by atomic mass is 127. The average Bonchev–Trinajstić information content (AvgIpc) is 3.38. The Morgan fingerprint density at radius 1 is 1.17 bits per heavy atom. The molecule has 0 amide bonds. The minimum Gasteiger partial charge on any atom is -0.468 e. The summed E-state index contributed by atoms with van der Waals surface area (Å²) >= 11 is 0. The van der Waals surface area contributed by atoms with Gasteiger partial charge in [0, 0.05) is 26.4 Å². The zero-order valence-electron chi connectivity index (χ0n) is 16.8. The summed E-state index contributed by atoms with van der Waals surface area (Å²) in [5.74, 6) is 1.66. The normalized spacial score (nSPS) is 16.3. The Bertz CT molecular complexity index is 877. The summed E-state index contributed by atoms with van der Waals surface area (Å²) in [6, 6.07) is 11.0. The van der Waals surface area contributed by atoms with Crippen molar-refractivity contribution in [3.8, 4) is 0 Å². The first kappa shape index (κ1) is 23.7. The van der Waals surface area contributed by atoms with Gasteiger partial charge in [0.15, 0.2) is 15.8 Å². The molecule has 1 aromatic heterocycles. The van der Waals surface area contributed by atoms with Crippen molar-refractivity contribution in [2.75, 3.05) is 32.9 Å². The molecule has 3 rings (SSSR count). The molecule has 1 fully saturated rings. The molecule has 160 valence electrons. The molecule has 2 N–H and O–H groups in total. The highest BCUT2D eigenvalue weighted by Gasteiger charge is 2.25. The van der Waals surface area contributed by atoms with E-state index in [4.69, 9.17) is 4.42 Å². The molecular formula is C20H29IN4O3S. The maximum Gasteiger partial charge on any atom is 0.191 e. The number of likely N-dealkylation sites (tertiary alicyclic amines) is 1. The lowest BCUT2D eigenvalue weighted by atomic mass is 10.2. The van der Waals surface area contributed by atoms with Crippen molar-refractivity contribution in [3.05, 3.63) is 54.0 Å². The molecule has 2 aromatic rings. The highest BCUT2D eigenvalue weighted by molar-refractivity contribution is 14.0. The van der Waals surface area contributed by atoms with Crippen molar-refractivity contribution in [1.29, 1.82) is 0 Å². The number of aliphatic imine (C=N–C) groups is 1. The molecule has 7 nitrogen and oxygen atoms in total. The lowest BCUT2D eigenvalue weighted by Gasteiger charge is -2.26. The zero-order chi connectivity index (χ0) is 20.0.